The zero-order chi connectivity index (χ0) is 10.8. The van der Waals surface area contributed by atoms with E-state index in [9.17, 15) is 10.2 Å². The summed E-state index contributed by atoms with van der Waals surface area (Å²) in [4.78, 5) is 0. The monoisotopic (exact) mass is 203 g/mol. The molecule has 0 saturated carbocycles. The van der Waals surface area contributed by atoms with E-state index in [1.807, 2.05) is 6.07 Å². The molecule has 0 aromatic heterocycles. The Morgan fingerprint density at radius 2 is 1.80 bits per heavy atom. The van der Waals surface area contributed by atoms with E-state index in [1.165, 1.54) is 0 Å². The molecular formula is C12H13NO2. The van der Waals surface area contributed by atoms with Crippen LogP contribution in [0.1, 0.15) is 5.56 Å². The molecule has 2 aromatic rings. The highest BCUT2D eigenvalue weighted by atomic mass is 16.3. The number of aromatic hydroxyl groups is 2. The number of benzene rings is 2. The number of phenols is 2. The topological polar surface area (TPSA) is 66.5 Å². The maximum atomic E-state index is 9.75. The lowest BCUT2D eigenvalue weighted by atomic mass is 10.0. The average molecular weight is 203 g/mol. The molecule has 3 heteroatoms. The van der Waals surface area contributed by atoms with Crippen molar-refractivity contribution in [2.75, 3.05) is 6.54 Å². The second-order valence-electron chi connectivity index (χ2n) is 3.53. The van der Waals surface area contributed by atoms with E-state index in [0.29, 0.717) is 23.7 Å². The van der Waals surface area contributed by atoms with Crippen LogP contribution in [0.15, 0.2) is 30.3 Å². The molecule has 0 atom stereocenters. The van der Waals surface area contributed by atoms with Crippen molar-refractivity contribution in [3.8, 4) is 11.5 Å². The number of fused-ring (bicyclic) bond motifs is 1. The number of rotatable bonds is 2. The van der Waals surface area contributed by atoms with Gasteiger partial charge in [-0.3, -0.25) is 0 Å². The first-order valence-electron chi connectivity index (χ1n) is 4.86. The van der Waals surface area contributed by atoms with Crippen molar-refractivity contribution in [1.29, 1.82) is 0 Å². The van der Waals surface area contributed by atoms with Crippen LogP contribution in [0.5, 0.6) is 11.5 Å². The van der Waals surface area contributed by atoms with Crippen molar-refractivity contribution in [1.82, 2.24) is 0 Å². The summed E-state index contributed by atoms with van der Waals surface area (Å²) in [6, 6.07) is 8.64. The minimum absolute atomic E-state index is 0.182. The van der Waals surface area contributed by atoms with Gasteiger partial charge in [-0.2, -0.15) is 0 Å². The molecule has 2 aromatic carbocycles. The first-order valence-corrected chi connectivity index (χ1v) is 4.86. The fourth-order valence-corrected chi connectivity index (χ4v) is 1.72. The van der Waals surface area contributed by atoms with Crippen molar-refractivity contribution in [2.45, 2.75) is 6.42 Å². The Morgan fingerprint density at radius 3 is 2.53 bits per heavy atom. The maximum Gasteiger partial charge on any atom is 0.123 e. The van der Waals surface area contributed by atoms with Crippen molar-refractivity contribution in [3.05, 3.63) is 35.9 Å². The fourth-order valence-electron chi connectivity index (χ4n) is 1.72. The Morgan fingerprint density at radius 1 is 1.00 bits per heavy atom. The highest BCUT2D eigenvalue weighted by molar-refractivity contribution is 5.93. The van der Waals surface area contributed by atoms with E-state index in [1.54, 1.807) is 24.3 Å². The lowest BCUT2D eigenvalue weighted by Crippen LogP contribution is -2.02. The highest BCUT2D eigenvalue weighted by Crippen LogP contribution is 2.32. The molecule has 78 valence electrons. The molecule has 0 aliphatic heterocycles. The van der Waals surface area contributed by atoms with Crippen LogP contribution in [0.2, 0.25) is 0 Å². The second kappa shape index (κ2) is 3.79. The van der Waals surface area contributed by atoms with E-state index in [0.717, 1.165) is 5.56 Å². The van der Waals surface area contributed by atoms with Gasteiger partial charge in [0.05, 0.1) is 0 Å². The molecule has 0 bridgehead atoms. The molecule has 0 unspecified atom stereocenters. The Balaban J connectivity index is 2.68. The molecule has 2 rings (SSSR count). The summed E-state index contributed by atoms with van der Waals surface area (Å²) in [5, 5.41) is 20.7. The van der Waals surface area contributed by atoms with Crippen LogP contribution in [0.3, 0.4) is 0 Å². The number of phenolic OH excluding ortho intramolecular Hbond substituents is 2. The third kappa shape index (κ3) is 1.74. The molecule has 0 aliphatic carbocycles. The van der Waals surface area contributed by atoms with Crippen molar-refractivity contribution < 1.29 is 10.2 Å². The molecule has 15 heavy (non-hydrogen) atoms. The molecule has 0 spiro atoms. The van der Waals surface area contributed by atoms with Crippen molar-refractivity contribution in [3.63, 3.8) is 0 Å². The zero-order valence-corrected chi connectivity index (χ0v) is 8.27. The van der Waals surface area contributed by atoms with Gasteiger partial charge in [-0.25, -0.2) is 0 Å². The van der Waals surface area contributed by atoms with Gasteiger partial charge in [0.2, 0.25) is 0 Å². The van der Waals surface area contributed by atoms with Gasteiger partial charge in [0.1, 0.15) is 11.5 Å². The minimum Gasteiger partial charge on any atom is -0.507 e. The van der Waals surface area contributed by atoms with Gasteiger partial charge in [0.25, 0.3) is 0 Å². The molecule has 3 nitrogen and oxygen atoms in total. The molecule has 4 N–H and O–H groups in total. The van der Waals surface area contributed by atoms with Crippen LogP contribution in [-0.2, 0) is 6.42 Å². The molecule has 0 amide bonds. The van der Waals surface area contributed by atoms with Crippen molar-refractivity contribution >= 4 is 10.8 Å². The predicted molar refractivity (Wildman–Crippen MR) is 60.0 cm³/mol. The van der Waals surface area contributed by atoms with E-state index in [2.05, 4.69) is 0 Å². The van der Waals surface area contributed by atoms with Gasteiger partial charge >= 0.3 is 0 Å². The normalized spacial score (nSPS) is 10.7. The summed E-state index contributed by atoms with van der Waals surface area (Å²) < 4.78 is 0. The third-order valence-electron chi connectivity index (χ3n) is 2.44. The summed E-state index contributed by atoms with van der Waals surface area (Å²) in [5.74, 6) is 0.369. The van der Waals surface area contributed by atoms with Crippen LogP contribution in [0.25, 0.3) is 10.8 Å². The summed E-state index contributed by atoms with van der Waals surface area (Å²) >= 11 is 0. The van der Waals surface area contributed by atoms with Gasteiger partial charge in [0.15, 0.2) is 0 Å². The van der Waals surface area contributed by atoms with E-state index < -0.39 is 0 Å². The highest BCUT2D eigenvalue weighted by Gasteiger charge is 2.05. The quantitative estimate of drug-likeness (QED) is 0.696. The van der Waals surface area contributed by atoms with Crippen LogP contribution in [-0.4, -0.2) is 16.8 Å². The lowest BCUT2D eigenvalue weighted by molar-refractivity contribution is 0.475. The summed E-state index contributed by atoms with van der Waals surface area (Å²) in [6.45, 7) is 0.526. The minimum atomic E-state index is 0.182. The summed E-state index contributed by atoms with van der Waals surface area (Å²) in [6.07, 6.45) is 0.692. The number of nitrogens with two attached hydrogens (primary N) is 1. The number of hydrogen-bond acceptors (Lipinski definition) is 3. The Hall–Kier alpha value is -1.74. The zero-order valence-electron chi connectivity index (χ0n) is 8.27. The second-order valence-corrected chi connectivity index (χ2v) is 3.53. The molecule has 0 saturated heterocycles. The Bertz CT molecular complexity index is 494. The van der Waals surface area contributed by atoms with Crippen LogP contribution in [0, 0.1) is 0 Å². The van der Waals surface area contributed by atoms with Gasteiger partial charge in [0, 0.05) is 10.8 Å². The van der Waals surface area contributed by atoms with Gasteiger partial charge in [-0.15, -0.1) is 0 Å². The van der Waals surface area contributed by atoms with E-state index in [-0.39, 0.29) is 11.5 Å². The molecule has 0 heterocycles. The van der Waals surface area contributed by atoms with E-state index >= 15 is 0 Å². The average Bonchev–Trinajstić information content (AvgIpc) is 2.20. The molecule has 0 aliphatic rings. The standard InChI is InChI=1S/C12H13NO2/c13-5-4-8-6-10-9(12(15)7-8)2-1-3-11(10)14/h1-3,6-7,14-15H,4-5,13H2. The van der Waals surface area contributed by atoms with Gasteiger partial charge < -0.3 is 15.9 Å². The Kier molecular flexibility index (Phi) is 2.47. The smallest absolute Gasteiger partial charge is 0.123 e. The van der Waals surface area contributed by atoms with E-state index in [4.69, 9.17) is 5.73 Å². The van der Waals surface area contributed by atoms with Crippen LogP contribution in [0.4, 0.5) is 0 Å². The van der Waals surface area contributed by atoms with Crippen LogP contribution < -0.4 is 5.73 Å². The van der Waals surface area contributed by atoms with Gasteiger partial charge in [-0.1, -0.05) is 12.1 Å². The SMILES string of the molecule is NCCc1cc(O)c2cccc(O)c2c1. The molecule has 0 fully saturated rings. The summed E-state index contributed by atoms with van der Waals surface area (Å²) in [5.41, 5.74) is 6.38. The third-order valence-corrected chi connectivity index (χ3v) is 2.44. The first kappa shape index (κ1) is 9.80. The molecular weight excluding hydrogens is 190 g/mol. The maximum absolute atomic E-state index is 9.75. The largest absolute Gasteiger partial charge is 0.507 e. The fraction of sp³-hybridized carbons (Fsp3) is 0.167. The number of hydrogen-bond donors (Lipinski definition) is 3. The van der Waals surface area contributed by atoms with Crippen molar-refractivity contribution in [2.24, 2.45) is 5.73 Å². The first-order chi connectivity index (χ1) is 7.22. The Labute approximate surface area is 87.8 Å². The summed E-state index contributed by atoms with van der Waals surface area (Å²) in [7, 11) is 0. The lowest BCUT2D eigenvalue weighted by Gasteiger charge is -2.06. The predicted octanol–water partition coefficient (Wildman–Crippen LogP) is 1.75. The molecule has 0 radical (unpaired) electrons. The van der Waals surface area contributed by atoms with Gasteiger partial charge in [-0.05, 0) is 36.7 Å². The van der Waals surface area contributed by atoms with Crippen LogP contribution >= 0.6 is 0 Å².